The lowest BCUT2D eigenvalue weighted by Crippen LogP contribution is -2.52. The number of epoxide rings is 1. The summed E-state index contributed by atoms with van der Waals surface area (Å²) in [5.74, 6) is 1.21. The molecule has 116 valence electrons. The molecule has 3 heteroatoms. The fourth-order valence-corrected chi connectivity index (χ4v) is 3.71. The summed E-state index contributed by atoms with van der Waals surface area (Å²) in [7, 11) is 1.72. The van der Waals surface area contributed by atoms with Crippen LogP contribution < -0.4 is 0 Å². The Hall–Kier alpha value is -0.380. The van der Waals surface area contributed by atoms with E-state index in [9.17, 15) is 0 Å². The van der Waals surface area contributed by atoms with Gasteiger partial charge in [-0.15, -0.1) is 0 Å². The molecule has 3 nitrogen and oxygen atoms in total. The fourth-order valence-electron chi connectivity index (χ4n) is 3.71. The number of hydrogen-bond acceptors (Lipinski definition) is 3. The van der Waals surface area contributed by atoms with Crippen molar-refractivity contribution in [1.29, 1.82) is 1.43 Å². The Morgan fingerprint density at radius 3 is 2.80 bits per heavy atom. The quantitative estimate of drug-likeness (QED) is 0.602. The van der Waals surface area contributed by atoms with Crippen molar-refractivity contribution in [3.63, 3.8) is 0 Å². The van der Waals surface area contributed by atoms with E-state index in [4.69, 9.17) is 16.0 Å². The Bertz CT molecular complexity index is 376. The molecule has 1 saturated carbocycles. The first kappa shape index (κ1) is 14.6. The van der Waals surface area contributed by atoms with E-state index >= 15 is 0 Å². The highest BCUT2D eigenvalue weighted by molar-refractivity contribution is 5.21. The van der Waals surface area contributed by atoms with Gasteiger partial charge < -0.3 is 14.6 Å². The highest BCUT2D eigenvalue weighted by Gasteiger charge is 2.60. The van der Waals surface area contributed by atoms with Gasteiger partial charge in [0.05, 0.1) is 18.8 Å². The van der Waals surface area contributed by atoms with Crippen molar-refractivity contribution in [2.75, 3.05) is 13.7 Å². The Morgan fingerprint density at radius 2 is 2.30 bits per heavy atom. The predicted octanol–water partition coefficient (Wildman–Crippen LogP) is 3.17. The van der Waals surface area contributed by atoms with Crippen LogP contribution in [0.5, 0.6) is 0 Å². The summed E-state index contributed by atoms with van der Waals surface area (Å²) in [4.78, 5) is 0. The second-order valence-corrected chi connectivity index (χ2v) is 7.10. The van der Waals surface area contributed by atoms with Gasteiger partial charge in [0.25, 0.3) is 0 Å². The predicted molar refractivity (Wildman–Crippen MR) is 80.6 cm³/mol. The number of rotatable bonds is 6. The number of hydrogen-bond donors (Lipinski definition) is 1. The maximum Gasteiger partial charge on any atom is 0.211 e. The van der Waals surface area contributed by atoms with E-state index in [2.05, 4.69) is 33.8 Å². The summed E-state index contributed by atoms with van der Waals surface area (Å²) in [6.07, 6.45) is 5.30. The van der Waals surface area contributed by atoms with E-state index in [1.54, 1.807) is 7.11 Å². The third-order valence-corrected chi connectivity index (χ3v) is 4.94. The van der Waals surface area contributed by atoms with Crippen LogP contribution in [0.15, 0.2) is 11.6 Å². The third kappa shape index (κ3) is 3.10. The monoisotopic (exact) mass is 284 g/mol. The van der Waals surface area contributed by atoms with Crippen molar-refractivity contribution in [3.05, 3.63) is 11.6 Å². The van der Waals surface area contributed by atoms with Crippen LogP contribution in [-0.2, 0) is 9.47 Å². The van der Waals surface area contributed by atoms with Gasteiger partial charge in [0.2, 0.25) is 1.43 Å². The molecule has 2 aliphatic rings. The normalized spacial score (nSPS) is 42.1. The molecule has 5 atom stereocenters. The van der Waals surface area contributed by atoms with Crippen LogP contribution >= 0.6 is 0 Å². The van der Waals surface area contributed by atoms with Gasteiger partial charge in [0, 0.05) is 13.0 Å². The van der Waals surface area contributed by atoms with E-state index in [1.165, 1.54) is 12.0 Å². The van der Waals surface area contributed by atoms with Gasteiger partial charge in [-0.05, 0) is 38.0 Å². The second-order valence-electron chi connectivity index (χ2n) is 7.10. The van der Waals surface area contributed by atoms with Gasteiger partial charge in [0.15, 0.2) is 0 Å². The number of aliphatic hydroxyl groups excluding tert-OH is 1. The van der Waals surface area contributed by atoms with Crippen LogP contribution in [0.25, 0.3) is 0 Å². The average molecular weight is 284 g/mol. The van der Waals surface area contributed by atoms with Crippen LogP contribution in [0.2, 0.25) is 0 Å². The molecule has 0 unspecified atom stereocenters. The molecule has 1 aliphatic carbocycles. The smallest absolute Gasteiger partial charge is 0.211 e. The van der Waals surface area contributed by atoms with Gasteiger partial charge in [-0.25, -0.2) is 0 Å². The molecule has 0 aromatic rings. The number of aliphatic hydroxyl groups is 1. The summed E-state index contributed by atoms with van der Waals surface area (Å²) < 4.78 is 19.0. The average Bonchev–Trinajstić information content (AvgIpc) is 3.17. The lowest BCUT2D eigenvalue weighted by Gasteiger charge is -2.43. The SMILES string of the molecule is [3H]O[C@H]1[C@@H](OC)[C@H](C(C)=CCCC(C)C)[C@@]2(CO2)C[C@H]1C. The van der Waals surface area contributed by atoms with E-state index in [1.807, 2.05) is 0 Å². The van der Waals surface area contributed by atoms with Crippen LogP contribution in [0.4, 0.5) is 0 Å². The molecule has 1 heterocycles. The highest BCUT2D eigenvalue weighted by Crippen LogP contribution is 2.51. The summed E-state index contributed by atoms with van der Waals surface area (Å²) in [6, 6.07) is 0. The van der Waals surface area contributed by atoms with Crippen molar-refractivity contribution >= 4 is 0 Å². The second kappa shape index (κ2) is 6.17. The number of methoxy groups -OCH3 is 1. The largest absolute Gasteiger partial charge is 0.390 e. The Kier molecular flexibility index (Phi) is 4.49. The molecule has 0 radical (unpaired) electrons. The van der Waals surface area contributed by atoms with E-state index in [0.29, 0.717) is 5.92 Å². The van der Waals surface area contributed by atoms with Crippen LogP contribution in [0.3, 0.4) is 0 Å². The zero-order chi connectivity index (χ0) is 15.6. The minimum atomic E-state index is -0.178. The molecule has 2 rings (SSSR count). The lowest BCUT2D eigenvalue weighted by molar-refractivity contribution is -0.109. The Balaban J connectivity index is 2.17. The van der Waals surface area contributed by atoms with E-state index in [0.717, 1.165) is 19.4 Å². The summed E-state index contributed by atoms with van der Waals surface area (Å²) in [5.41, 5.74) is 1.25. The van der Waals surface area contributed by atoms with Gasteiger partial charge in [-0.3, -0.25) is 0 Å². The number of ether oxygens (including phenoxy) is 2. The van der Waals surface area contributed by atoms with Crippen LogP contribution in [-0.4, -0.2) is 38.1 Å². The molecule has 0 aromatic heterocycles. The topological polar surface area (TPSA) is 42.0 Å². The molecular formula is C17H30O3. The Morgan fingerprint density at radius 1 is 1.60 bits per heavy atom. The molecule has 0 bridgehead atoms. The van der Waals surface area contributed by atoms with Gasteiger partial charge >= 0.3 is 0 Å². The minimum Gasteiger partial charge on any atom is -0.390 e. The van der Waals surface area contributed by atoms with E-state index < -0.39 is 0 Å². The van der Waals surface area contributed by atoms with Crippen molar-refractivity contribution in [2.45, 2.75) is 64.8 Å². The molecule has 2 fully saturated rings. The molecular weight excluding hydrogens is 252 g/mol. The molecule has 0 amide bonds. The maximum atomic E-state index is 7.40. The van der Waals surface area contributed by atoms with Gasteiger partial charge in [-0.2, -0.15) is 0 Å². The summed E-state index contributed by atoms with van der Waals surface area (Å²) in [5, 5.41) is 4.99. The van der Waals surface area contributed by atoms with Gasteiger partial charge in [-0.1, -0.05) is 32.4 Å². The standard InChI is InChI=1S/C17H30O3/c1-11(2)7-6-8-12(3)14-16(19-5)15(18)13(4)9-17(14)10-20-17/h8,11,13-16,18H,6-7,9-10H2,1-5H3/t13-,14+,15-,16+,17+/m1/s1/i18T. The molecule has 1 spiro atoms. The molecule has 1 saturated heterocycles. The van der Waals surface area contributed by atoms with Crippen molar-refractivity contribution in [1.82, 2.24) is 0 Å². The van der Waals surface area contributed by atoms with E-state index in [-0.39, 0.29) is 29.6 Å². The van der Waals surface area contributed by atoms with Crippen molar-refractivity contribution < 1.29 is 14.6 Å². The Labute approximate surface area is 124 Å². The van der Waals surface area contributed by atoms with Crippen LogP contribution in [0.1, 0.15) is 47.0 Å². The first-order valence-electron chi connectivity index (χ1n) is 8.31. The van der Waals surface area contributed by atoms with Gasteiger partial charge in [0.1, 0.15) is 5.60 Å². The molecule has 0 aromatic carbocycles. The molecule has 20 heavy (non-hydrogen) atoms. The minimum absolute atomic E-state index is 0.0759. The first-order valence-corrected chi connectivity index (χ1v) is 7.90. The van der Waals surface area contributed by atoms with Crippen molar-refractivity contribution in [2.24, 2.45) is 17.8 Å². The molecule has 1 aliphatic heterocycles. The van der Waals surface area contributed by atoms with Crippen LogP contribution in [0, 0.1) is 17.8 Å². The zero-order valence-electron chi connectivity index (χ0n) is 14.5. The highest BCUT2D eigenvalue weighted by atomic mass is 16.6. The maximum absolute atomic E-state index is 7.40. The fraction of sp³-hybridized carbons (Fsp3) is 0.882. The molecule has 1 N–H and O–H groups in total. The zero-order valence-corrected chi connectivity index (χ0v) is 13.5. The number of allylic oxidation sites excluding steroid dienone is 1. The van der Waals surface area contributed by atoms with Crippen molar-refractivity contribution in [3.8, 4) is 0 Å². The lowest BCUT2D eigenvalue weighted by atomic mass is 9.68. The summed E-state index contributed by atoms with van der Waals surface area (Å²) in [6.45, 7) is 9.61. The third-order valence-electron chi connectivity index (χ3n) is 4.94. The first-order chi connectivity index (χ1) is 9.95. The summed E-state index contributed by atoms with van der Waals surface area (Å²) >= 11 is 0.